The van der Waals surface area contributed by atoms with Gasteiger partial charge in [-0.05, 0) is 34.1 Å². The monoisotopic (exact) mass is 244 g/mol. The van der Waals surface area contributed by atoms with Crippen LogP contribution in [0, 0.1) is 0 Å². The molecule has 0 spiro atoms. The van der Waals surface area contributed by atoms with Crippen molar-refractivity contribution in [3.63, 3.8) is 0 Å². The van der Waals surface area contributed by atoms with Crippen LogP contribution in [0.1, 0.15) is 47.5 Å². The van der Waals surface area contributed by atoms with E-state index < -0.39 is 11.7 Å². The largest absolute Gasteiger partial charge is 0.444 e. The van der Waals surface area contributed by atoms with Crippen molar-refractivity contribution in [2.75, 3.05) is 6.54 Å². The van der Waals surface area contributed by atoms with Crippen molar-refractivity contribution >= 4 is 12.0 Å². The maximum absolute atomic E-state index is 11.4. The van der Waals surface area contributed by atoms with Gasteiger partial charge in [0, 0.05) is 6.04 Å². The molecule has 5 nitrogen and oxygen atoms in total. The fraction of sp³-hybridized carbons (Fsp3) is 0.833. The predicted octanol–water partition coefficient (Wildman–Crippen LogP) is 1.82. The van der Waals surface area contributed by atoms with E-state index in [1.807, 2.05) is 6.92 Å². The number of rotatable bonds is 5. The zero-order chi connectivity index (χ0) is 13.5. The highest BCUT2D eigenvalue weighted by Crippen LogP contribution is 2.06. The van der Waals surface area contributed by atoms with Crippen LogP contribution in [0.2, 0.25) is 0 Å². The van der Waals surface area contributed by atoms with E-state index in [4.69, 9.17) is 4.74 Å². The normalized spacial score (nSPS) is 12.8. The maximum atomic E-state index is 11.4. The lowest BCUT2D eigenvalue weighted by atomic mass is 10.2. The lowest BCUT2D eigenvalue weighted by molar-refractivity contribution is -0.120. The fourth-order valence-corrected chi connectivity index (χ4v) is 1.30. The summed E-state index contributed by atoms with van der Waals surface area (Å²) in [7, 11) is 0. The first-order chi connectivity index (χ1) is 7.74. The fourth-order valence-electron chi connectivity index (χ4n) is 1.30. The molecule has 0 aliphatic heterocycles. The van der Waals surface area contributed by atoms with Gasteiger partial charge in [0.1, 0.15) is 12.1 Å². The van der Waals surface area contributed by atoms with E-state index in [0.717, 1.165) is 12.8 Å². The SMILES string of the molecule is CCCC(C)NC(=O)CNC(=O)OC(C)(C)C. The molecule has 0 heterocycles. The standard InChI is InChI=1S/C12H24N2O3/c1-6-7-9(2)14-10(15)8-13-11(16)17-12(3,4)5/h9H,6-8H2,1-5H3,(H,13,16)(H,14,15). The second-order valence-corrected chi connectivity index (χ2v) is 5.11. The van der Waals surface area contributed by atoms with E-state index in [-0.39, 0.29) is 18.5 Å². The van der Waals surface area contributed by atoms with Gasteiger partial charge in [-0.15, -0.1) is 0 Å². The number of hydrogen-bond acceptors (Lipinski definition) is 3. The third-order valence-electron chi connectivity index (χ3n) is 1.92. The summed E-state index contributed by atoms with van der Waals surface area (Å²) in [5.41, 5.74) is -0.546. The van der Waals surface area contributed by atoms with Crippen LogP contribution in [-0.2, 0) is 9.53 Å². The zero-order valence-corrected chi connectivity index (χ0v) is 11.4. The molecule has 1 unspecified atom stereocenters. The molecule has 5 heteroatoms. The van der Waals surface area contributed by atoms with E-state index in [0.29, 0.717) is 0 Å². The first-order valence-electron chi connectivity index (χ1n) is 6.00. The second kappa shape index (κ2) is 7.14. The Morgan fingerprint density at radius 3 is 2.35 bits per heavy atom. The van der Waals surface area contributed by atoms with Crippen molar-refractivity contribution in [3.05, 3.63) is 0 Å². The van der Waals surface area contributed by atoms with Gasteiger partial charge in [0.15, 0.2) is 0 Å². The van der Waals surface area contributed by atoms with E-state index in [1.54, 1.807) is 20.8 Å². The van der Waals surface area contributed by atoms with Crippen molar-refractivity contribution in [2.45, 2.75) is 59.1 Å². The van der Waals surface area contributed by atoms with Crippen molar-refractivity contribution < 1.29 is 14.3 Å². The van der Waals surface area contributed by atoms with E-state index in [2.05, 4.69) is 17.6 Å². The van der Waals surface area contributed by atoms with Crippen molar-refractivity contribution in [3.8, 4) is 0 Å². The van der Waals surface area contributed by atoms with E-state index in [9.17, 15) is 9.59 Å². The number of carbonyl (C=O) groups excluding carboxylic acids is 2. The molecule has 0 aromatic heterocycles. The van der Waals surface area contributed by atoms with Gasteiger partial charge >= 0.3 is 6.09 Å². The average molecular weight is 244 g/mol. The lowest BCUT2D eigenvalue weighted by Crippen LogP contribution is -2.42. The summed E-state index contributed by atoms with van der Waals surface area (Å²) in [5, 5.41) is 5.20. The first-order valence-corrected chi connectivity index (χ1v) is 6.00. The number of nitrogens with one attached hydrogen (secondary N) is 2. The van der Waals surface area contributed by atoms with Crippen LogP contribution in [-0.4, -0.2) is 30.2 Å². The van der Waals surface area contributed by atoms with Crippen LogP contribution in [0.5, 0.6) is 0 Å². The van der Waals surface area contributed by atoms with Crippen LogP contribution in [0.4, 0.5) is 4.79 Å². The van der Waals surface area contributed by atoms with Gasteiger partial charge in [0.05, 0.1) is 0 Å². The van der Waals surface area contributed by atoms with Crippen molar-refractivity contribution in [1.29, 1.82) is 0 Å². The Hall–Kier alpha value is -1.26. The molecule has 0 saturated carbocycles. The first kappa shape index (κ1) is 15.7. The maximum Gasteiger partial charge on any atom is 0.408 e. The summed E-state index contributed by atoms with van der Waals surface area (Å²) in [4.78, 5) is 22.7. The molecule has 0 radical (unpaired) electrons. The Morgan fingerprint density at radius 1 is 1.29 bits per heavy atom. The summed E-state index contributed by atoms with van der Waals surface area (Å²) in [6.45, 7) is 9.27. The number of amides is 2. The van der Waals surface area contributed by atoms with Gasteiger partial charge in [-0.25, -0.2) is 4.79 Å². The Morgan fingerprint density at radius 2 is 1.88 bits per heavy atom. The minimum absolute atomic E-state index is 0.0526. The second-order valence-electron chi connectivity index (χ2n) is 5.11. The number of hydrogen-bond donors (Lipinski definition) is 2. The average Bonchev–Trinajstić information content (AvgIpc) is 2.12. The molecule has 0 aliphatic rings. The molecule has 0 rings (SSSR count). The number of ether oxygens (including phenoxy) is 1. The Kier molecular flexibility index (Phi) is 6.61. The predicted molar refractivity (Wildman–Crippen MR) is 66.7 cm³/mol. The van der Waals surface area contributed by atoms with Gasteiger partial charge in [0.2, 0.25) is 5.91 Å². The quantitative estimate of drug-likeness (QED) is 0.775. The van der Waals surface area contributed by atoms with Crippen LogP contribution in [0.3, 0.4) is 0 Å². The van der Waals surface area contributed by atoms with Crippen LogP contribution in [0.15, 0.2) is 0 Å². The summed E-state index contributed by atoms with van der Waals surface area (Å²) in [5.74, 6) is -0.197. The van der Waals surface area contributed by atoms with Crippen molar-refractivity contribution in [1.82, 2.24) is 10.6 Å². The van der Waals surface area contributed by atoms with Gasteiger partial charge in [-0.3, -0.25) is 4.79 Å². The molecular weight excluding hydrogens is 220 g/mol. The van der Waals surface area contributed by atoms with E-state index in [1.165, 1.54) is 0 Å². The minimum atomic E-state index is -0.573. The zero-order valence-electron chi connectivity index (χ0n) is 11.4. The van der Waals surface area contributed by atoms with Gasteiger partial charge in [-0.2, -0.15) is 0 Å². The molecule has 0 fully saturated rings. The molecular formula is C12H24N2O3. The van der Waals surface area contributed by atoms with Gasteiger partial charge < -0.3 is 15.4 Å². The lowest BCUT2D eigenvalue weighted by Gasteiger charge is -2.20. The summed E-state index contributed by atoms with van der Waals surface area (Å²) in [6, 6.07) is 0.132. The number of carbonyl (C=O) groups is 2. The van der Waals surface area contributed by atoms with Gasteiger partial charge in [0.25, 0.3) is 0 Å². The highest BCUT2D eigenvalue weighted by molar-refractivity contribution is 5.82. The molecule has 1 atom stereocenters. The molecule has 0 saturated heterocycles. The van der Waals surface area contributed by atoms with Crippen molar-refractivity contribution in [2.24, 2.45) is 0 Å². The highest BCUT2D eigenvalue weighted by Gasteiger charge is 2.16. The highest BCUT2D eigenvalue weighted by atomic mass is 16.6. The molecule has 17 heavy (non-hydrogen) atoms. The number of alkyl carbamates (subject to hydrolysis) is 1. The summed E-state index contributed by atoms with van der Waals surface area (Å²) >= 11 is 0. The minimum Gasteiger partial charge on any atom is -0.444 e. The molecule has 100 valence electrons. The van der Waals surface area contributed by atoms with Crippen LogP contribution >= 0.6 is 0 Å². The topological polar surface area (TPSA) is 67.4 Å². The molecule has 2 amide bonds. The third kappa shape index (κ3) is 9.66. The molecule has 0 aromatic carbocycles. The molecule has 0 bridgehead atoms. The van der Waals surface area contributed by atoms with Crippen LogP contribution in [0.25, 0.3) is 0 Å². The van der Waals surface area contributed by atoms with Gasteiger partial charge in [-0.1, -0.05) is 13.3 Å². The Bertz CT molecular complexity index is 259. The smallest absolute Gasteiger partial charge is 0.408 e. The van der Waals surface area contributed by atoms with Crippen LogP contribution < -0.4 is 10.6 Å². The van der Waals surface area contributed by atoms with E-state index >= 15 is 0 Å². The molecule has 2 N–H and O–H groups in total. The summed E-state index contributed by atoms with van der Waals surface area (Å²) in [6.07, 6.45) is 1.37. The Labute approximate surface area is 103 Å². The molecule has 0 aliphatic carbocycles. The third-order valence-corrected chi connectivity index (χ3v) is 1.92. The Balaban J connectivity index is 3.81. The molecule has 0 aromatic rings. The summed E-state index contributed by atoms with van der Waals surface area (Å²) < 4.78 is 5.01.